The van der Waals surface area contributed by atoms with Crippen molar-refractivity contribution in [2.45, 2.75) is 12.5 Å². The molecule has 1 amide bonds. The highest BCUT2D eigenvalue weighted by Crippen LogP contribution is 2.11. The predicted molar refractivity (Wildman–Crippen MR) is 67.6 cm³/mol. The fourth-order valence-corrected chi connectivity index (χ4v) is 2.03. The molecule has 6 heteroatoms. The lowest BCUT2D eigenvalue weighted by atomic mass is 10.3. The van der Waals surface area contributed by atoms with Crippen LogP contribution in [-0.2, 0) is 4.79 Å². The lowest BCUT2D eigenvalue weighted by Gasteiger charge is -2.13. The molecule has 1 atom stereocenters. The number of likely N-dealkylation sites (tertiary alicyclic amines) is 1. The molecule has 17 heavy (non-hydrogen) atoms. The SMILES string of the molecule is O=C(CN1CC[C@H](O)C1)Nc1ccc(Br)cn1. The summed E-state index contributed by atoms with van der Waals surface area (Å²) in [5.41, 5.74) is 0. The second-order valence-corrected chi connectivity index (χ2v) is 5.00. The number of anilines is 1. The maximum Gasteiger partial charge on any atom is 0.239 e. The zero-order valence-electron chi connectivity index (χ0n) is 9.27. The number of aliphatic hydroxyl groups is 1. The van der Waals surface area contributed by atoms with E-state index < -0.39 is 0 Å². The average Bonchev–Trinajstić information content (AvgIpc) is 2.67. The fraction of sp³-hybridized carbons (Fsp3) is 0.455. The maximum atomic E-state index is 11.7. The Bertz CT molecular complexity index is 396. The van der Waals surface area contributed by atoms with Crippen molar-refractivity contribution in [2.24, 2.45) is 0 Å². The van der Waals surface area contributed by atoms with E-state index in [9.17, 15) is 9.90 Å². The molecular weight excluding hydrogens is 286 g/mol. The lowest BCUT2D eigenvalue weighted by Crippen LogP contribution is -2.32. The molecule has 0 unspecified atom stereocenters. The van der Waals surface area contributed by atoms with E-state index >= 15 is 0 Å². The number of hydrogen-bond donors (Lipinski definition) is 2. The van der Waals surface area contributed by atoms with E-state index in [1.54, 1.807) is 12.3 Å². The van der Waals surface area contributed by atoms with E-state index in [4.69, 9.17) is 0 Å². The summed E-state index contributed by atoms with van der Waals surface area (Å²) in [6.07, 6.45) is 2.08. The Morgan fingerprint density at radius 3 is 3.06 bits per heavy atom. The molecule has 1 aliphatic rings. The minimum Gasteiger partial charge on any atom is -0.392 e. The molecule has 2 N–H and O–H groups in total. The minimum absolute atomic E-state index is 0.103. The van der Waals surface area contributed by atoms with Crippen LogP contribution in [0.3, 0.4) is 0 Å². The van der Waals surface area contributed by atoms with Crippen molar-refractivity contribution in [1.29, 1.82) is 0 Å². The second kappa shape index (κ2) is 5.57. The number of aromatic nitrogens is 1. The van der Waals surface area contributed by atoms with Gasteiger partial charge in [-0.05, 0) is 34.5 Å². The van der Waals surface area contributed by atoms with Crippen LogP contribution in [0.25, 0.3) is 0 Å². The van der Waals surface area contributed by atoms with Crippen molar-refractivity contribution < 1.29 is 9.90 Å². The molecule has 0 aromatic carbocycles. The first-order valence-corrected chi connectivity index (χ1v) is 6.24. The number of halogens is 1. The molecular formula is C11H14BrN3O2. The van der Waals surface area contributed by atoms with Gasteiger partial charge in [-0.3, -0.25) is 9.69 Å². The van der Waals surface area contributed by atoms with E-state index in [0.29, 0.717) is 18.9 Å². The molecule has 92 valence electrons. The van der Waals surface area contributed by atoms with Gasteiger partial charge < -0.3 is 10.4 Å². The summed E-state index contributed by atoms with van der Waals surface area (Å²) in [5, 5.41) is 12.1. The van der Waals surface area contributed by atoms with Crippen molar-refractivity contribution >= 4 is 27.7 Å². The van der Waals surface area contributed by atoms with E-state index in [1.807, 2.05) is 11.0 Å². The highest BCUT2D eigenvalue weighted by atomic mass is 79.9. The first-order chi connectivity index (χ1) is 8.13. The summed E-state index contributed by atoms with van der Waals surface area (Å²) in [6.45, 7) is 1.64. The summed E-state index contributed by atoms with van der Waals surface area (Å²) < 4.78 is 0.873. The van der Waals surface area contributed by atoms with Gasteiger partial charge >= 0.3 is 0 Å². The van der Waals surface area contributed by atoms with Gasteiger partial charge in [0.15, 0.2) is 0 Å². The predicted octanol–water partition coefficient (Wildman–Crippen LogP) is 0.849. The summed E-state index contributed by atoms with van der Waals surface area (Å²) in [6, 6.07) is 3.56. The van der Waals surface area contributed by atoms with Crippen LogP contribution in [0.15, 0.2) is 22.8 Å². The molecule has 2 heterocycles. The van der Waals surface area contributed by atoms with Gasteiger partial charge in [-0.1, -0.05) is 0 Å². The number of rotatable bonds is 3. The number of β-amino-alcohol motifs (C(OH)–C–C–N with tert-alkyl or cyclic N) is 1. The zero-order valence-corrected chi connectivity index (χ0v) is 10.9. The van der Waals surface area contributed by atoms with Crippen LogP contribution >= 0.6 is 15.9 Å². The van der Waals surface area contributed by atoms with E-state index in [1.165, 1.54) is 0 Å². The monoisotopic (exact) mass is 299 g/mol. The Hall–Kier alpha value is -0.980. The summed E-state index contributed by atoms with van der Waals surface area (Å²) in [5.74, 6) is 0.437. The molecule has 0 saturated carbocycles. The van der Waals surface area contributed by atoms with Gasteiger partial charge in [-0.15, -0.1) is 0 Å². The number of carbonyl (C=O) groups excluding carboxylic acids is 1. The Balaban J connectivity index is 1.83. The standard InChI is InChI=1S/C11H14BrN3O2/c12-8-1-2-10(13-5-8)14-11(17)7-15-4-3-9(16)6-15/h1-2,5,9,16H,3-4,6-7H2,(H,13,14,17)/t9-/m0/s1. The fourth-order valence-electron chi connectivity index (χ4n) is 1.79. The number of nitrogens with one attached hydrogen (secondary N) is 1. The van der Waals surface area contributed by atoms with Crippen molar-refractivity contribution in [2.75, 3.05) is 25.0 Å². The number of hydrogen-bond acceptors (Lipinski definition) is 4. The molecule has 2 rings (SSSR count). The van der Waals surface area contributed by atoms with Crippen molar-refractivity contribution in [3.8, 4) is 0 Å². The van der Waals surface area contributed by atoms with Crippen LogP contribution in [0.5, 0.6) is 0 Å². The first-order valence-electron chi connectivity index (χ1n) is 5.45. The van der Waals surface area contributed by atoms with Crippen LogP contribution in [0.1, 0.15) is 6.42 Å². The second-order valence-electron chi connectivity index (χ2n) is 4.09. The van der Waals surface area contributed by atoms with Gasteiger partial charge in [0, 0.05) is 23.8 Å². The average molecular weight is 300 g/mol. The van der Waals surface area contributed by atoms with Crippen LogP contribution < -0.4 is 5.32 Å². The Kier molecular flexibility index (Phi) is 4.09. The number of aliphatic hydroxyl groups excluding tert-OH is 1. The third-order valence-corrected chi connectivity index (χ3v) is 3.08. The zero-order chi connectivity index (χ0) is 12.3. The molecule has 0 radical (unpaired) electrons. The van der Waals surface area contributed by atoms with E-state index in [0.717, 1.165) is 17.4 Å². The number of pyridine rings is 1. The first kappa shape index (κ1) is 12.5. The third-order valence-electron chi connectivity index (χ3n) is 2.61. The Morgan fingerprint density at radius 1 is 1.65 bits per heavy atom. The van der Waals surface area contributed by atoms with Crippen LogP contribution in [0.2, 0.25) is 0 Å². The summed E-state index contributed by atoms with van der Waals surface area (Å²) >= 11 is 3.28. The maximum absolute atomic E-state index is 11.7. The molecule has 1 saturated heterocycles. The largest absolute Gasteiger partial charge is 0.392 e. The highest BCUT2D eigenvalue weighted by molar-refractivity contribution is 9.10. The molecule has 0 bridgehead atoms. The van der Waals surface area contributed by atoms with Crippen LogP contribution in [0, 0.1) is 0 Å². The lowest BCUT2D eigenvalue weighted by molar-refractivity contribution is -0.117. The summed E-state index contributed by atoms with van der Waals surface area (Å²) in [7, 11) is 0. The van der Waals surface area contributed by atoms with Crippen molar-refractivity contribution in [3.63, 3.8) is 0 Å². The van der Waals surface area contributed by atoms with Crippen LogP contribution in [-0.4, -0.2) is 46.6 Å². The molecule has 5 nitrogen and oxygen atoms in total. The number of carbonyl (C=O) groups is 1. The summed E-state index contributed by atoms with van der Waals surface area (Å²) in [4.78, 5) is 17.7. The molecule has 0 spiro atoms. The van der Waals surface area contributed by atoms with E-state index in [-0.39, 0.29) is 12.0 Å². The highest BCUT2D eigenvalue weighted by Gasteiger charge is 2.21. The topological polar surface area (TPSA) is 65.5 Å². The molecule has 1 aromatic heterocycles. The van der Waals surface area contributed by atoms with Gasteiger partial charge in [-0.25, -0.2) is 4.98 Å². The van der Waals surface area contributed by atoms with Gasteiger partial charge in [0.2, 0.25) is 5.91 Å². The Morgan fingerprint density at radius 2 is 2.47 bits per heavy atom. The molecule has 1 aromatic rings. The van der Waals surface area contributed by atoms with E-state index in [2.05, 4.69) is 26.2 Å². The van der Waals surface area contributed by atoms with Gasteiger partial charge in [0.1, 0.15) is 5.82 Å². The molecule has 0 aliphatic carbocycles. The Labute approximate surface area is 108 Å². The van der Waals surface area contributed by atoms with Gasteiger partial charge in [0.05, 0.1) is 12.6 Å². The van der Waals surface area contributed by atoms with Crippen molar-refractivity contribution in [1.82, 2.24) is 9.88 Å². The van der Waals surface area contributed by atoms with Gasteiger partial charge in [-0.2, -0.15) is 0 Å². The molecule has 1 aliphatic heterocycles. The molecule has 1 fully saturated rings. The normalized spacial score (nSPS) is 20.5. The minimum atomic E-state index is -0.298. The van der Waals surface area contributed by atoms with Gasteiger partial charge in [0.25, 0.3) is 0 Å². The third kappa shape index (κ3) is 3.76. The van der Waals surface area contributed by atoms with Crippen LogP contribution in [0.4, 0.5) is 5.82 Å². The number of amides is 1. The smallest absolute Gasteiger partial charge is 0.239 e. The number of nitrogens with zero attached hydrogens (tertiary/aromatic N) is 2. The van der Waals surface area contributed by atoms with Crippen molar-refractivity contribution in [3.05, 3.63) is 22.8 Å². The quantitative estimate of drug-likeness (QED) is 0.868.